The number of hydrogen-bond acceptors (Lipinski definition) is 2. The summed E-state index contributed by atoms with van der Waals surface area (Å²) in [6.07, 6.45) is 1.12. The van der Waals surface area contributed by atoms with E-state index in [1.54, 1.807) is 0 Å². The van der Waals surface area contributed by atoms with Crippen LogP contribution in [0.5, 0.6) is 0 Å². The highest BCUT2D eigenvalue weighted by Gasteiger charge is 2.26. The SMILES string of the molecule is CCOC[C@H]1CNCC[C@@H]1c1ccc(Cl)c(Cl)c1. The number of piperidine rings is 1. The first-order valence-electron chi connectivity index (χ1n) is 6.45. The first-order valence-corrected chi connectivity index (χ1v) is 7.21. The van der Waals surface area contributed by atoms with E-state index >= 15 is 0 Å². The molecule has 1 aromatic rings. The topological polar surface area (TPSA) is 21.3 Å². The van der Waals surface area contributed by atoms with Gasteiger partial charge in [-0.1, -0.05) is 29.3 Å². The van der Waals surface area contributed by atoms with Crippen LogP contribution >= 0.6 is 23.2 Å². The van der Waals surface area contributed by atoms with Crippen LogP contribution < -0.4 is 5.32 Å². The van der Waals surface area contributed by atoms with Gasteiger partial charge < -0.3 is 10.1 Å². The molecule has 0 unspecified atom stereocenters. The molecule has 100 valence electrons. The van der Waals surface area contributed by atoms with Crippen LogP contribution in [0.4, 0.5) is 0 Å². The van der Waals surface area contributed by atoms with E-state index in [-0.39, 0.29) is 0 Å². The smallest absolute Gasteiger partial charge is 0.0595 e. The molecule has 4 heteroatoms. The molecule has 1 saturated heterocycles. The van der Waals surface area contributed by atoms with E-state index in [0.29, 0.717) is 21.9 Å². The third-order valence-corrected chi connectivity index (χ3v) is 4.25. The molecule has 1 N–H and O–H groups in total. The Kier molecular flexibility index (Phi) is 5.31. The molecular weight excluding hydrogens is 269 g/mol. The summed E-state index contributed by atoms with van der Waals surface area (Å²) in [6, 6.07) is 5.97. The Hall–Kier alpha value is -0.280. The summed E-state index contributed by atoms with van der Waals surface area (Å²) >= 11 is 12.1. The minimum absolute atomic E-state index is 0.507. The zero-order valence-corrected chi connectivity index (χ0v) is 12.1. The predicted octanol–water partition coefficient (Wildman–Crippen LogP) is 3.72. The van der Waals surface area contributed by atoms with Crippen molar-refractivity contribution in [3.63, 3.8) is 0 Å². The lowest BCUT2D eigenvalue weighted by atomic mass is 9.81. The minimum atomic E-state index is 0.507. The van der Waals surface area contributed by atoms with E-state index < -0.39 is 0 Å². The van der Waals surface area contributed by atoms with Crippen molar-refractivity contribution in [1.29, 1.82) is 0 Å². The lowest BCUT2D eigenvalue weighted by molar-refractivity contribution is 0.0902. The van der Waals surface area contributed by atoms with Crippen LogP contribution in [-0.4, -0.2) is 26.3 Å². The van der Waals surface area contributed by atoms with Gasteiger partial charge in [0.25, 0.3) is 0 Å². The molecule has 0 amide bonds. The number of benzene rings is 1. The summed E-state index contributed by atoms with van der Waals surface area (Å²) < 4.78 is 5.58. The molecule has 0 radical (unpaired) electrons. The van der Waals surface area contributed by atoms with Crippen LogP contribution in [0, 0.1) is 5.92 Å². The predicted molar refractivity (Wildman–Crippen MR) is 76.7 cm³/mol. The van der Waals surface area contributed by atoms with Gasteiger partial charge in [0.2, 0.25) is 0 Å². The molecule has 1 aliphatic rings. The first-order chi connectivity index (χ1) is 8.72. The van der Waals surface area contributed by atoms with Gasteiger partial charge in [-0.3, -0.25) is 0 Å². The molecule has 0 bridgehead atoms. The zero-order valence-electron chi connectivity index (χ0n) is 10.6. The number of hydrogen-bond donors (Lipinski definition) is 1. The van der Waals surface area contributed by atoms with Crippen molar-refractivity contribution in [2.24, 2.45) is 5.92 Å². The van der Waals surface area contributed by atoms with Crippen molar-refractivity contribution in [3.8, 4) is 0 Å². The van der Waals surface area contributed by atoms with Crippen LogP contribution in [0.25, 0.3) is 0 Å². The molecular formula is C14H19Cl2NO. The van der Waals surface area contributed by atoms with Crippen molar-refractivity contribution in [2.75, 3.05) is 26.3 Å². The number of rotatable bonds is 4. The van der Waals surface area contributed by atoms with Crippen molar-refractivity contribution in [1.82, 2.24) is 5.32 Å². The summed E-state index contributed by atoms with van der Waals surface area (Å²) in [5.41, 5.74) is 1.27. The van der Waals surface area contributed by atoms with Crippen molar-refractivity contribution in [3.05, 3.63) is 33.8 Å². The molecule has 1 aromatic carbocycles. The highest BCUT2D eigenvalue weighted by molar-refractivity contribution is 6.42. The summed E-state index contributed by atoms with van der Waals surface area (Å²) in [5.74, 6) is 1.02. The quantitative estimate of drug-likeness (QED) is 0.911. The Morgan fingerprint density at radius 3 is 2.89 bits per heavy atom. The molecule has 2 rings (SSSR count). The Labute approximate surface area is 119 Å². The Bertz CT molecular complexity index is 397. The van der Waals surface area contributed by atoms with Gasteiger partial charge in [-0.25, -0.2) is 0 Å². The Balaban J connectivity index is 2.14. The summed E-state index contributed by atoms with van der Waals surface area (Å²) in [4.78, 5) is 0. The second-order valence-corrected chi connectivity index (χ2v) is 5.51. The maximum Gasteiger partial charge on any atom is 0.0595 e. The summed E-state index contributed by atoms with van der Waals surface area (Å²) in [6.45, 7) is 5.65. The number of nitrogens with one attached hydrogen (secondary N) is 1. The second-order valence-electron chi connectivity index (χ2n) is 4.69. The third kappa shape index (κ3) is 3.39. The van der Waals surface area contributed by atoms with Gasteiger partial charge in [-0.05, 0) is 43.5 Å². The second kappa shape index (κ2) is 6.76. The minimum Gasteiger partial charge on any atom is -0.381 e. The van der Waals surface area contributed by atoms with Crippen LogP contribution in [0.2, 0.25) is 10.0 Å². The number of ether oxygens (including phenoxy) is 1. The van der Waals surface area contributed by atoms with E-state index in [1.807, 2.05) is 19.1 Å². The molecule has 2 atom stereocenters. The normalized spacial score (nSPS) is 24.2. The van der Waals surface area contributed by atoms with Gasteiger partial charge in [0.1, 0.15) is 0 Å². The van der Waals surface area contributed by atoms with E-state index in [2.05, 4.69) is 11.4 Å². The molecule has 0 spiro atoms. The summed E-state index contributed by atoms with van der Waals surface area (Å²) in [7, 11) is 0. The van der Waals surface area contributed by atoms with Crippen molar-refractivity contribution >= 4 is 23.2 Å². The molecule has 0 aliphatic carbocycles. The Morgan fingerprint density at radius 1 is 1.33 bits per heavy atom. The van der Waals surface area contributed by atoms with Gasteiger partial charge in [0.15, 0.2) is 0 Å². The standard InChI is InChI=1S/C14H19Cl2NO/c1-2-18-9-11-8-17-6-5-12(11)10-3-4-13(15)14(16)7-10/h3-4,7,11-12,17H,2,5-6,8-9H2,1H3/t11-,12-/m1/s1. The summed E-state index contributed by atoms with van der Waals surface area (Å²) in [5, 5.41) is 4.69. The molecule has 18 heavy (non-hydrogen) atoms. The van der Waals surface area contributed by atoms with Crippen LogP contribution in [0.1, 0.15) is 24.8 Å². The van der Waals surface area contributed by atoms with Crippen molar-refractivity contribution in [2.45, 2.75) is 19.3 Å². The highest BCUT2D eigenvalue weighted by atomic mass is 35.5. The van der Waals surface area contributed by atoms with Gasteiger partial charge in [-0.15, -0.1) is 0 Å². The zero-order chi connectivity index (χ0) is 13.0. The maximum absolute atomic E-state index is 6.11. The first kappa shape index (κ1) is 14.1. The number of halogens is 2. The van der Waals surface area contributed by atoms with Gasteiger partial charge >= 0.3 is 0 Å². The fraction of sp³-hybridized carbons (Fsp3) is 0.571. The molecule has 0 saturated carbocycles. The average molecular weight is 288 g/mol. The molecule has 0 aromatic heterocycles. The van der Waals surface area contributed by atoms with Crippen molar-refractivity contribution < 1.29 is 4.74 Å². The fourth-order valence-electron chi connectivity index (χ4n) is 2.55. The third-order valence-electron chi connectivity index (χ3n) is 3.52. The molecule has 2 nitrogen and oxygen atoms in total. The lowest BCUT2D eigenvalue weighted by Crippen LogP contribution is -2.37. The maximum atomic E-state index is 6.11. The molecule has 1 fully saturated rings. The van der Waals surface area contributed by atoms with E-state index in [1.165, 1.54) is 5.56 Å². The van der Waals surface area contributed by atoms with Gasteiger partial charge in [0.05, 0.1) is 16.7 Å². The van der Waals surface area contributed by atoms with Gasteiger partial charge in [0, 0.05) is 19.1 Å². The molecule has 1 heterocycles. The van der Waals surface area contributed by atoms with E-state index in [4.69, 9.17) is 27.9 Å². The lowest BCUT2D eigenvalue weighted by Gasteiger charge is -2.32. The molecule has 1 aliphatic heterocycles. The van der Waals surface area contributed by atoms with E-state index in [9.17, 15) is 0 Å². The highest BCUT2D eigenvalue weighted by Crippen LogP contribution is 2.34. The van der Waals surface area contributed by atoms with Crippen LogP contribution in [0.15, 0.2) is 18.2 Å². The average Bonchev–Trinajstić information content (AvgIpc) is 2.40. The largest absolute Gasteiger partial charge is 0.381 e. The van der Waals surface area contributed by atoms with Crippen LogP contribution in [-0.2, 0) is 4.74 Å². The van der Waals surface area contributed by atoms with Crippen LogP contribution in [0.3, 0.4) is 0 Å². The fourth-order valence-corrected chi connectivity index (χ4v) is 2.86. The van der Waals surface area contributed by atoms with Gasteiger partial charge in [-0.2, -0.15) is 0 Å². The van der Waals surface area contributed by atoms with E-state index in [0.717, 1.165) is 32.7 Å². The Morgan fingerprint density at radius 2 is 2.17 bits per heavy atom. The monoisotopic (exact) mass is 287 g/mol.